The first-order chi connectivity index (χ1) is 18.9. The van der Waals surface area contributed by atoms with E-state index in [9.17, 15) is 14.4 Å². The van der Waals surface area contributed by atoms with Crippen molar-refractivity contribution < 1.29 is 14.4 Å². The molecule has 0 spiro atoms. The van der Waals surface area contributed by atoms with Gasteiger partial charge in [-0.2, -0.15) is 0 Å². The van der Waals surface area contributed by atoms with E-state index in [1.54, 1.807) is 4.90 Å². The van der Waals surface area contributed by atoms with Crippen molar-refractivity contribution in [2.45, 2.75) is 44.9 Å². The van der Waals surface area contributed by atoms with Crippen LogP contribution in [0.3, 0.4) is 0 Å². The van der Waals surface area contributed by atoms with Crippen molar-refractivity contribution in [3.63, 3.8) is 0 Å². The molecule has 0 aliphatic carbocycles. The topological polar surface area (TPSA) is 87.5 Å². The normalized spacial score (nSPS) is 19.4. The number of benzene rings is 2. The van der Waals surface area contributed by atoms with Gasteiger partial charge in [-0.25, -0.2) is 4.98 Å². The van der Waals surface area contributed by atoms with Gasteiger partial charge in [0.1, 0.15) is 11.7 Å². The molecular formula is C31H29N5O3. The van der Waals surface area contributed by atoms with Crippen LogP contribution in [0.4, 0.5) is 0 Å². The highest BCUT2D eigenvalue weighted by atomic mass is 16.2. The standard InChI is InChI=1S/C31H29N5O3/c1-34-12-11-24-23(17-35-13-10-19-4-2-3-5-21(19)16-35)15-26(32-29(24)34)20-6-7-25-22(14-20)18-36(31(25)39)27-8-9-28(37)33-30(27)38/h2-7,11-12,14-15,27H,8-10,13,16-18H2,1H3,(H,33,37,38). The molecule has 39 heavy (non-hydrogen) atoms. The molecular weight excluding hydrogens is 490 g/mol. The zero-order valence-electron chi connectivity index (χ0n) is 21.8. The number of carbonyl (C=O) groups excluding carboxylic acids is 3. The number of pyridine rings is 1. The average Bonchev–Trinajstić information content (AvgIpc) is 3.48. The number of piperidine rings is 1. The fourth-order valence-corrected chi connectivity index (χ4v) is 6.24. The first-order valence-corrected chi connectivity index (χ1v) is 13.5. The van der Waals surface area contributed by atoms with Crippen LogP contribution in [-0.4, -0.2) is 49.7 Å². The number of hydrogen-bond donors (Lipinski definition) is 1. The van der Waals surface area contributed by atoms with Gasteiger partial charge in [0.15, 0.2) is 0 Å². The number of aromatic nitrogens is 2. The molecule has 1 N–H and O–H groups in total. The minimum atomic E-state index is -0.620. The average molecular weight is 520 g/mol. The van der Waals surface area contributed by atoms with Crippen LogP contribution >= 0.6 is 0 Å². The lowest BCUT2D eigenvalue weighted by atomic mass is 9.98. The molecule has 1 atom stereocenters. The van der Waals surface area contributed by atoms with Crippen LogP contribution in [0.25, 0.3) is 22.3 Å². The van der Waals surface area contributed by atoms with E-state index in [1.165, 1.54) is 16.7 Å². The maximum atomic E-state index is 13.2. The number of aryl methyl sites for hydroxylation is 1. The van der Waals surface area contributed by atoms with E-state index in [1.807, 2.05) is 25.2 Å². The Bertz CT molecular complexity index is 1670. The number of nitrogens with one attached hydrogen (secondary N) is 1. The van der Waals surface area contributed by atoms with Crippen molar-refractivity contribution in [1.82, 2.24) is 24.7 Å². The lowest BCUT2D eigenvalue weighted by molar-refractivity contribution is -0.136. The molecule has 0 radical (unpaired) electrons. The maximum absolute atomic E-state index is 13.2. The number of rotatable bonds is 4. The molecule has 3 aliphatic heterocycles. The smallest absolute Gasteiger partial charge is 0.255 e. The highest BCUT2D eigenvalue weighted by Gasteiger charge is 2.39. The van der Waals surface area contributed by atoms with Gasteiger partial charge in [-0.15, -0.1) is 0 Å². The summed E-state index contributed by atoms with van der Waals surface area (Å²) in [5, 5.41) is 3.52. The van der Waals surface area contributed by atoms with Crippen LogP contribution in [0.15, 0.2) is 60.8 Å². The molecule has 1 unspecified atom stereocenters. The summed E-state index contributed by atoms with van der Waals surface area (Å²) in [6.45, 7) is 3.12. The van der Waals surface area contributed by atoms with Crippen LogP contribution in [0.2, 0.25) is 0 Å². The molecule has 1 saturated heterocycles. The minimum absolute atomic E-state index is 0.164. The molecule has 7 rings (SSSR count). The number of nitrogens with zero attached hydrogens (tertiary/aromatic N) is 4. The third-order valence-corrected chi connectivity index (χ3v) is 8.35. The molecule has 8 heteroatoms. The van der Waals surface area contributed by atoms with Crippen LogP contribution in [0, 0.1) is 0 Å². The second-order valence-corrected chi connectivity index (χ2v) is 10.8. The molecule has 1 fully saturated rings. The van der Waals surface area contributed by atoms with Gasteiger partial charge in [0.25, 0.3) is 5.91 Å². The van der Waals surface area contributed by atoms with Gasteiger partial charge < -0.3 is 9.47 Å². The first-order valence-electron chi connectivity index (χ1n) is 13.5. The third-order valence-electron chi connectivity index (χ3n) is 8.35. The fourth-order valence-electron chi connectivity index (χ4n) is 6.24. The van der Waals surface area contributed by atoms with E-state index >= 15 is 0 Å². The SMILES string of the molecule is Cn1ccc2c(CN3CCc4ccccc4C3)cc(-c3ccc4c(c3)CN(C3CCC(=O)NC3=O)C4=O)nc21. The zero-order valence-corrected chi connectivity index (χ0v) is 21.8. The Morgan fingerprint density at radius 2 is 1.79 bits per heavy atom. The summed E-state index contributed by atoms with van der Waals surface area (Å²) < 4.78 is 2.05. The highest BCUT2D eigenvalue weighted by molar-refractivity contribution is 6.05. The first kappa shape index (κ1) is 23.8. The van der Waals surface area contributed by atoms with Crippen molar-refractivity contribution in [2.24, 2.45) is 7.05 Å². The number of carbonyl (C=O) groups is 3. The molecule has 3 aliphatic rings. The van der Waals surface area contributed by atoms with Crippen molar-refractivity contribution in [1.29, 1.82) is 0 Å². The van der Waals surface area contributed by atoms with E-state index in [2.05, 4.69) is 57.4 Å². The zero-order chi connectivity index (χ0) is 26.7. The Hall–Kier alpha value is -4.30. The van der Waals surface area contributed by atoms with Crippen molar-refractivity contribution in [3.05, 3.63) is 88.6 Å². The number of imide groups is 1. The van der Waals surface area contributed by atoms with Gasteiger partial charge in [-0.05, 0) is 59.4 Å². The molecule has 5 heterocycles. The van der Waals surface area contributed by atoms with Gasteiger partial charge in [-0.3, -0.25) is 24.6 Å². The predicted octanol–water partition coefficient (Wildman–Crippen LogP) is 3.56. The summed E-state index contributed by atoms with van der Waals surface area (Å²) >= 11 is 0. The lowest BCUT2D eigenvalue weighted by Gasteiger charge is -2.29. The summed E-state index contributed by atoms with van der Waals surface area (Å²) in [6.07, 6.45) is 3.70. The fraction of sp³-hybridized carbons (Fsp3) is 0.290. The van der Waals surface area contributed by atoms with E-state index in [0.29, 0.717) is 18.5 Å². The molecule has 8 nitrogen and oxygen atoms in total. The Morgan fingerprint density at radius 1 is 0.949 bits per heavy atom. The van der Waals surface area contributed by atoms with Gasteiger partial charge >= 0.3 is 0 Å². The summed E-state index contributed by atoms with van der Waals surface area (Å²) in [6, 6.07) is 18.2. The van der Waals surface area contributed by atoms with Crippen LogP contribution in [-0.2, 0) is 42.7 Å². The Morgan fingerprint density at radius 3 is 2.64 bits per heavy atom. The molecule has 4 aromatic rings. The molecule has 196 valence electrons. The van der Waals surface area contributed by atoms with Gasteiger partial charge in [0, 0.05) is 62.4 Å². The van der Waals surface area contributed by atoms with Crippen LogP contribution in [0.1, 0.15) is 45.5 Å². The molecule has 0 saturated carbocycles. The molecule has 2 aromatic carbocycles. The van der Waals surface area contributed by atoms with Gasteiger partial charge in [-0.1, -0.05) is 30.3 Å². The number of fused-ring (bicyclic) bond motifs is 3. The van der Waals surface area contributed by atoms with Gasteiger partial charge in [0.05, 0.1) is 5.69 Å². The van der Waals surface area contributed by atoms with Crippen LogP contribution < -0.4 is 5.32 Å². The maximum Gasteiger partial charge on any atom is 0.255 e. The monoisotopic (exact) mass is 519 g/mol. The Balaban J connectivity index is 1.20. The Kier molecular flexibility index (Phi) is 5.59. The van der Waals surface area contributed by atoms with E-state index in [-0.39, 0.29) is 18.2 Å². The lowest BCUT2D eigenvalue weighted by Crippen LogP contribution is -2.52. The largest absolute Gasteiger partial charge is 0.336 e. The van der Waals surface area contributed by atoms with Crippen molar-refractivity contribution in [2.75, 3.05) is 6.54 Å². The second-order valence-electron chi connectivity index (χ2n) is 10.8. The molecule has 2 aromatic heterocycles. The molecule has 3 amide bonds. The highest BCUT2D eigenvalue weighted by Crippen LogP contribution is 2.33. The minimum Gasteiger partial charge on any atom is -0.336 e. The van der Waals surface area contributed by atoms with E-state index in [4.69, 9.17) is 4.98 Å². The van der Waals surface area contributed by atoms with E-state index < -0.39 is 11.9 Å². The Labute approximate surface area is 226 Å². The second kappa shape index (κ2) is 9.17. The quantitative estimate of drug-likeness (QED) is 0.417. The van der Waals surface area contributed by atoms with Crippen LogP contribution in [0.5, 0.6) is 0 Å². The summed E-state index contributed by atoms with van der Waals surface area (Å²) in [5.74, 6) is -0.842. The van der Waals surface area contributed by atoms with Crippen molar-refractivity contribution >= 4 is 28.8 Å². The summed E-state index contributed by atoms with van der Waals surface area (Å²) in [5.41, 5.74) is 8.30. The van der Waals surface area contributed by atoms with Gasteiger partial charge in [0.2, 0.25) is 11.8 Å². The van der Waals surface area contributed by atoms with E-state index in [0.717, 1.165) is 53.9 Å². The van der Waals surface area contributed by atoms with Crippen molar-refractivity contribution in [3.8, 4) is 11.3 Å². The third kappa shape index (κ3) is 4.12. The number of hydrogen-bond acceptors (Lipinski definition) is 5. The predicted molar refractivity (Wildman–Crippen MR) is 146 cm³/mol. The molecule has 0 bridgehead atoms. The summed E-state index contributed by atoms with van der Waals surface area (Å²) in [7, 11) is 2.01. The number of amides is 3. The summed E-state index contributed by atoms with van der Waals surface area (Å²) in [4.78, 5) is 46.3.